The number of rotatable bonds is 7. The Kier molecular flexibility index (Phi) is 9.56. The van der Waals surface area contributed by atoms with E-state index in [-0.39, 0.29) is 5.92 Å². The first kappa shape index (κ1) is 42.8. The molecule has 1 unspecified atom stereocenters. The predicted molar refractivity (Wildman–Crippen MR) is 325 cm³/mol. The molecular formula is C76H48. The van der Waals surface area contributed by atoms with Crippen LogP contribution in [0.4, 0.5) is 0 Å². The van der Waals surface area contributed by atoms with Crippen LogP contribution in [0.1, 0.15) is 28.2 Å². The van der Waals surface area contributed by atoms with Gasteiger partial charge in [0, 0.05) is 5.92 Å². The molecule has 0 saturated carbocycles. The average molecular weight is 961 g/mol. The topological polar surface area (TPSA) is 0 Å². The quantitative estimate of drug-likeness (QED) is 0.140. The molecule has 14 aromatic carbocycles. The second-order valence-electron chi connectivity index (χ2n) is 21.0. The summed E-state index contributed by atoms with van der Waals surface area (Å²) in [5, 5.41) is 15.7. The summed E-state index contributed by atoms with van der Waals surface area (Å²) < 4.78 is 0. The van der Waals surface area contributed by atoms with Gasteiger partial charge < -0.3 is 0 Å². The largest absolute Gasteiger partial charge is 0.0753 e. The Morgan fingerprint density at radius 3 is 1.34 bits per heavy atom. The van der Waals surface area contributed by atoms with Crippen molar-refractivity contribution in [1.29, 1.82) is 0 Å². The first-order valence-corrected chi connectivity index (χ1v) is 26.7. The molecule has 2 aliphatic carbocycles. The Hall–Kier alpha value is -9.62. The molecule has 0 aromatic heterocycles. The second-order valence-corrected chi connectivity index (χ2v) is 21.0. The fourth-order valence-corrected chi connectivity index (χ4v) is 13.2. The molecule has 0 nitrogen and oxygen atoms in total. The van der Waals surface area contributed by atoms with E-state index in [9.17, 15) is 0 Å². The van der Waals surface area contributed by atoms with Crippen molar-refractivity contribution in [3.05, 3.63) is 289 Å². The van der Waals surface area contributed by atoms with E-state index < -0.39 is 0 Å². The maximum absolute atomic E-state index is 2.49. The summed E-state index contributed by atoms with van der Waals surface area (Å²) in [7, 11) is 0. The molecule has 76 heavy (non-hydrogen) atoms. The summed E-state index contributed by atoms with van der Waals surface area (Å²) in [4.78, 5) is 0. The van der Waals surface area contributed by atoms with Crippen molar-refractivity contribution in [2.45, 2.75) is 12.3 Å². The third-order valence-electron chi connectivity index (χ3n) is 17.0. The molecule has 0 amide bonds. The lowest BCUT2D eigenvalue weighted by Gasteiger charge is -2.30. The van der Waals surface area contributed by atoms with Gasteiger partial charge >= 0.3 is 0 Å². The van der Waals surface area contributed by atoms with Crippen LogP contribution in [0.5, 0.6) is 0 Å². The van der Waals surface area contributed by atoms with E-state index in [1.165, 1.54) is 159 Å². The summed E-state index contributed by atoms with van der Waals surface area (Å²) in [5.41, 5.74) is 21.8. The maximum atomic E-state index is 2.49. The van der Waals surface area contributed by atoms with Gasteiger partial charge in [0.15, 0.2) is 0 Å². The highest BCUT2D eigenvalue weighted by Gasteiger charge is 2.28. The Balaban J connectivity index is 0.663. The molecule has 2 aliphatic rings. The summed E-state index contributed by atoms with van der Waals surface area (Å²) in [6.07, 6.45) is 8.20. The van der Waals surface area contributed by atoms with Crippen LogP contribution in [0, 0.1) is 0 Å². The van der Waals surface area contributed by atoms with E-state index in [1.54, 1.807) is 0 Å². The van der Waals surface area contributed by atoms with E-state index in [4.69, 9.17) is 0 Å². The Bertz CT molecular complexity index is 4710. The minimum absolute atomic E-state index is 0.227. The molecule has 0 aliphatic heterocycles. The van der Waals surface area contributed by atoms with Crippen LogP contribution >= 0.6 is 0 Å². The molecule has 14 aromatic rings. The molecule has 0 heteroatoms. The molecule has 0 radical (unpaired) electrons. The number of hydrogen-bond donors (Lipinski definition) is 0. The zero-order chi connectivity index (χ0) is 49.8. The van der Waals surface area contributed by atoms with Gasteiger partial charge in [-0.25, -0.2) is 0 Å². The van der Waals surface area contributed by atoms with E-state index in [2.05, 4.69) is 273 Å². The van der Waals surface area contributed by atoms with Gasteiger partial charge in [0.05, 0.1) is 0 Å². The highest BCUT2D eigenvalue weighted by atomic mass is 14.3. The third-order valence-corrected chi connectivity index (χ3v) is 17.0. The minimum atomic E-state index is 0.227. The SMILES string of the molecule is C1=CC(c2cccc3ccccc23)C2=CCc3ccc(-c4ccc(-c5ccc(-c6ccc(-c7ccc8ccc9c(-c%10ccc(-c%11ccc%12ccccc%12c%11)cc%10)ccc%10ccc7c8c%109)cc6)cc5)cc4)c4ccc1c2c34. The Labute approximate surface area is 442 Å². The molecule has 1 atom stereocenters. The molecule has 0 fully saturated rings. The van der Waals surface area contributed by atoms with Crippen molar-refractivity contribution >= 4 is 76.3 Å². The van der Waals surface area contributed by atoms with Crippen LogP contribution in [0.3, 0.4) is 0 Å². The van der Waals surface area contributed by atoms with Gasteiger partial charge in [-0.15, -0.1) is 0 Å². The highest BCUT2D eigenvalue weighted by molar-refractivity contribution is 6.27. The summed E-state index contributed by atoms with van der Waals surface area (Å²) in [6.45, 7) is 0. The van der Waals surface area contributed by atoms with E-state index in [0.29, 0.717) is 0 Å². The first-order chi connectivity index (χ1) is 37.6. The fourth-order valence-electron chi connectivity index (χ4n) is 13.2. The average Bonchev–Trinajstić information content (AvgIpc) is 3.66. The molecule has 16 rings (SSSR count). The molecule has 0 spiro atoms. The van der Waals surface area contributed by atoms with Gasteiger partial charge in [0.25, 0.3) is 0 Å². The normalized spacial score (nSPS) is 13.9. The lowest BCUT2D eigenvalue weighted by Crippen LogP contribution is -2.10. The molecular weight excluding hydrogens is 913 g/mol. The van der Waals surface area contributed by atoms with Crippen molar-refractivity contribution in [2.75, 3.05) is 0 Å². The van der Waals surface area contributed by atoms with Crippen LogP contribution in [0.15, 0.2) is 267 Å². The van der Waals surface area contributed by atoms with Gasteiger partial charge in [-0.1, -0.05) is 267 Å². The van der Waals surface area contributed by atoms with Crippen LogP contribution in [0.25, 0.3) is 143 Å². The van der Waals surface area contributed by atoms with Gasteiger partial charge in [0.1, 0.15) is 0 Å². The number of allylic oxidation sites excluding steroid dienone is 3. The lowest BCUT2D eigenvalue weighted by molar-refractivity contribution is 1.09. The van der Waals surface area contributed by atoms with Crippen molar-refractivity contribution in [3.63, 3.8) is 0 Å². The smallest absolute Gasteiger partial charge is 0.0282 e. The van der Waals surface area contributed by atoms with Gasteiger partial charge in [-0.2, -0.15) is 0 Å². The molecule has 0 saturated heterocycles. The molecule has 0 N–H and O–H groups in total. The lowest BCUT2D eigenvalue weighted by atomic mass is 9.73. The number of hydrogen-bond acceptors (Lipinski definition) is 0. The monoisotopic (exact) mass is 960 g/mol. The zero-order valence-electron chi connectivity index (χ0n) is 41.8. The maximum Gasteiger partial charge on any atom is 0.0282 e. The van der Waals surface area contributed by atoms with E-state index >= 15 is 0 Å². The standard InChI is InChI=1S/C76H48/c1-2-8-61-46-62(29-22-47(61)6-1)52-20-27-56(28-21-52)66-39-31-58-34-42-69-64(38-30-57-35-43-70(66)74(58)73(57)69)54-23-16-50(17-24-54)48-12-14-49(15-13-48)51-18-25-55(26-19-51)65-40-32-59-37-45-72-68(41-33-60-36-44-71(65)75(59)76(60)72)67-11-5-9-53-7-3-4-10-63(53)67/h1-36,38-46,68H,37H2. The third kappa shape index (κ3) is 6.77. The minimum Gasteiger partial charge on any atom is -0.0753 e. The van der Waals surface area contributed by atoms with Gasteiger partial charge in [-0.3, -0.25) is 0 Å². The first-order valence-electron chi connectivity index (χ1n) is 26.7. The van der Waals surface area contributed by atoms with Crippen LogP contribution < -0.4 is 0 Å². The van der Waals surface area contributed by atoms with Crippen molar-refractivity contribution in [2.24, 2.45) is 0 Å². The van der Waals surface area contributed by atoms with E-state index in [0.717, 1.165) is 6.42 Å². The van der Waals surface area contributed by atoms with E-state index in [1.807, 2.05) is 0 Å². The summed E-state index contributed by atoms with van der Waals surface area (Å²) in [6, 6.07) is 95.3. The van der Waals surface area contributed by atoms with Crippen molar-refractivity contribution < 1.29 is 0 Å². The van der Waals surface area contributed by atoms with Crippen LogP contribution in [-0.4, -0.2) is 0 Å². The fraction of sp³-hybridized carbons (Fsp3) is 0.0263. The van der Waals surface area contributed by atoms with Crippen LogP contribution in [0.2, 0.25) is 0 Å². The summed E-state index contributed by atoms with van der Waals surface area (Å²) in [5.74, 6) is 0.227. The molecule has 0 bridgehead atoms. The molecule has 352 valence electrons. The highest BCUT2D eigenvalue weighted by Crippen LogP contribution is 2.50. The van der Waals surface area contributed by atoms with Crippen molar-refractivity contribution in [1.82, 2.24) is 0 Å². The van der Waals surface area contributed by atoms with Gasteiger partial charge in [0.2, 0.25) is 0 Å². The van der Waals surface area contributed by atoms with Crippen LogP contribution in [-0.2, 0) is 6.42 Å². The predicted octanol–water partition coefficient (Wildman–Crippen LogP) is 20.8. The van der Waals surface area contributed by atoms with Gasteiger partial charge in [-0.05, 0) is 172 Å². The van der Waals surface area contributed by atoms with Crippen molar-refractivity contribution in [3.8, 4) is 66.8 Å². The molecule has 0 heterocycles. The number of fused-ring (bicyclic) bond motifs is 2. The second kappa shape index (κ2) is 17.0. The Morgan fingerprint density at radius 1 is 0.289 bits per heavy atom. The number of benzene rings is 14. The zero-order valence-corrected chi connectivity index (χ0v) is 41.8. The summed E-state index contributed by atoms with van der Waals surface area (Å²) >= 11 is 0. The Morgan fingerprint density at radius 2 is 0.737 bits per heavy atom.